The van der Waals surface area contributed by atoms with Crippen LogP contribution < -0.4 is 5.32 Å². The second kappa shape index (κ2) is 8.36. The molecule has 162 valence electrons. The smallest absolute Gasteiger partial charge is 0.243 e. The fourth-order valence-electron chi connectivity index (χ4n) is 4.63. The van der Waals surface area contributed by atoms with E-state index in [9.17, 15) is 13.2 Å². The van der Waals surface area contributed by atoms with Crippen LogP contribution >= 0.6 is 0 Å². The quantitative estimate of drug-likeness (QED) is 0.766. The van der Waals surface area contributed by atoms with Crippen molar-refractivity contribution in [1.82, 2.24) is 14.5 Å². The first kappa shape index (κ1) is 22.2. The number of carbonyl (C=O) groups is 1. The number of hydrogen-bond acceptors (Lipinski definition) is 4. The molecule has 29 heavy (non-hydrogen) atoms. The molecular weight excluding hydrogens is 386 g/mol. The Morgan fingerprint density at radius 2 is 1.72 bits per heavy atom. The Labute approximate surface area is 175 Å². The van der Waals surface area contributed by atoms with Crippen molar-refractivity contribution in [3.05, 3.63) is 29.8 Å². The van der Waals surface area contributed by atoms with Gasteiger partial charge in [0, 0.05) is 19.1 Å². The van der Waals surface area contributed by atoms with Crippen LogP contribution in [0.1, 0.15) is 58.9 Å². The standard InChI is InChI=1S/C22H35N3O3S/c1-6-18(5)25-21(26)20(15-16(2)3)23-22(25)11-13-24(14-12-22)29(27,28)19-9-7-17(4)8-10-19/h7-10,16,18,20,23H,6,11-15H2,1-5H3/t18-,20-/m0/s1. The molecule has 0 unspecified atom stereocenters. The first-order chi connectivity index (χ1) is 13.6. The van der Waals surface area contributed by atoms with Crippen molar-refractivity contribution in [2.75, 3.05) is 13.1 Å². The maximum Gasteiger partial charge on any atom is 0.243 e. The summed E-state index contributed by atoms with van der Waals surface area (Å²) in [5.41, 5.74) is 0.598. The summed E-state index contributed by atoms with van der Waals surface area (Å²) in [6, 6.07) is 6.97. The molecule has 2 heterocycles. The lowest BCUT2D eigenvalue weighted by atomic mass is 9.95. The van der Waals surface area contributed by atoms with Crippen LogP contribution in [0.2, 0.25) is 0 Å². The van der Waals surface area contributed by atoms with Gasteiger partial charge in [0.2, 0.25) is 15.9 Å². The number of aryl methyl sites for hydroxylation is 1. The molecular formula is C22H35N3O3S. The Kier molecular flexibility index (Phi) is 6.41. The molecule has 1 N–H and O–H groups in total. The Morgan fingerprint density at radius 1 is 1.14 bits per heavy atom. The molecule has 1 aromatic carbocycles. The molecule has 2 aliphatic rings. The van der Waals surface area contributed by atoms with E-state index in [0.717, 1.165) is 18.4 Å². The summed E-state index contributed by atoms with van der Waals surface area (Å²) < 4.78 is 27.7. The molecule has 6 nitrogen and oxygen atoms in total. The van der Waals surface area contributed by atoms with Crippen molar-refractivity contribution in [3.63, 3.8) is 0 Å². The van der Waals surface area contributed by atoms with Gasteiger partial charge in [-0.3, -0.25) is 10.1 Å². The van der Waals surface area contributed by atoms with E-state index < -0.39 is 15.7 Å². The number of piperidine rings is 1. The summed E-state index contributed by atoms with van der Waals surface area (Å²) in [5, 5.41) is 3.63. The van der Waals surface area contributed by atoms with Gasteiger partial charge >= 0.3 is 0 Å². The summed E-state index contributed by atoms with van der Waals surface area (Å²) in [6.45, 7) is 11.2. The minimum atomic E-state index is -3.51. The molecule has 1 aromatic rings. The molecule has 0 bridgehead atoms. The third kappa shape index (κ3) is 4.23. The van der Waals surface area contributed by atoms with E-state index >= 15 is 0 Å². The normalized spacial score (nSPS) is 23.9. The number of sulfonamides is 1. The predicted octanol–water partition coefficient (Wildman–Crippen LogP) is 3.12. The highest BCUT2D eigenvalue weighted by molar-refractivity contribution is 7.89. The zero-order valence-corrected chi connectivity index (χ0v) is 19.1. The van der Waals surface area contributed by atoms with Gasteiger partial charge in [0.25, 0.3) is 0 Å². The second-order valence-corrected chi connectivity index (χ2v) is 11.0. The van der Waals surface area contributed by atoms with Gasteiger partial charge < -0.3 is 4.90 Å². The van der Waals surface area contributed by atoms with Crippen LogP contribution in [0.4, 0.5) is 0 Å². The van der Waals surface area contributed by atoms with Crippen molar-refractivity contribution in [2.24, 2.45) is 5.92 Å². The van der Waals surface area contributed by atoms with Crippen LogP contribution in [-0.2, 0) is 14.8 Å². The fraction of sp³-hybridized carbons (Fsp3) is 0.682. The first-order valence-corrected chi connectivity index (χ1v) is 12.2. The van der Waals surface area contributed by atoms with E-state index in [0.29, 0.717) is 36.7 Å². The van der Waals surface area contributed by atoms with Gasteiger partial charge in [-0.05, 0) is 57.6 Å². The molecule has 0 aromatic heterocycles. The highest BCUT2D eigenvalue weighted by Crippen LogP contribution is 2.37. The summed E-state index contributed by atoms with van der Waals surface area (Å²) in [7, 11) is -3.51. The number of rotatable bonds is 6. The highest BCUT2D eigenvalue weighted by atomic mass is 32.2. The van der Waals surface area contributed by atoms with E-state index in [1.165, 1.54) is 0 Å². The van der Waals surface area contributed by atoms with Crippen molar-refractivity contribution >= 4 is 15.9 Å². The minimum Gasteiger partial charge on any atom is -0.320 e. The van der Waals surface area contributed by atoms with E-state index in [4.69, 9.17) is 0 Å². The average molecular weight is 422 g/mol. The number of benzene rings is 1. The second-order valence-electron chi connectivity index (χ2n) is 9.04. The van der Waals surface area contributed by atoms with Crippen molar-refractivity contribution in [3.8, 4) is 0 Å². The molecule has 7 heteroatoms. The van der Waals surface area contributed by atoms with Gasteiger partial charge in [-0.25, -0.2) is 8.42 Å². The van der Waals surface area contributed by atoms with Crippen molar-refractivity contribution in [1.29, 1.82) is 0 Å². The van der Waals surface area contributed by atoms with Crippen LogP contribution in [0.5, 0.6) is 0 Å². The summed E-state index contributed by atoms with van der Waals surface area (Å²) in [6.07, 6.45) is 2.92. The molecule has 1 amide bonds. The fourth-order valence-corrected chi connectivity index (χ4v) is 6.07. The highest BCUT2D eigenvalue weighted by Gasteiger charge is 2.53. The van der Waals surface area contributed by atoms with Gasteiger partial charge in [-0.15, -0.1) is 0 Å². The zero-order valence-electron chi connectivity index (χ0n) is 18.3. The summed E-state index contributed by atoms with van der Waals surface area (Å²) in [4.78, 5) is 15.5. The van der Waals surface area contributed by atoms with Crippen LogP contribution in [0.25, 0.3) is 0 Å². The summed E-state index contributed by atoms with van der Waals surface area (Å²) >= 11 is 0. The SMILES string of the molecule is CC[C@H](C)N1C(=O)[C@H](CC(C)C)NC12CCN(S(=O)(=O)c1ccc(C)cc1)CC2. The molecule has 2 aliphatic heterocycles. The topological polar surface area (TPSA) is 69.7 Å². The van der Waals surface area contributed by atoms with Crippen molar-refractivity contribution in [2.45, 2.75) is 82.9 Å². The lowest BCUT2D eigenvalue weighted by Crippen LogP contribution is -2.61. The largest absolute Gasteiger partial charge is 0.320 e. The summed E-state index contributed by atoms with van der Waals surface area (Å²) in [5.74, 6) is 0.593. The van der Waals surface area contributed by atoms with E-state index in [1.807, 2.05) is 24.0 Å². The Bertz CT molecular complexity index is 827. The first-order valence-electron chi connectivity index (χ1n) is 10.8. The number of hydrogen-bond donors (Lipinski definition) is 1. The van der Waals surface area contributed by atoms with Gasteiger partial charge in [0.1, 0.15) is 0 Å². The van der Waals surface area contributed by atoms with Crippen LogP contribution in [0.3, 0.4) is 0 Å². The number of carbonyl (C=O) groups excluding carboxylic acids is 1. The third-order valence-corrected chi connectivity index (χ3v) is 8.30. The van der Waals surface area contributed by atoms with Crippen LogP contribution in [-0.4, -0.2) is 54.4 Å². The van der Waals surface area contributed by atoms with E-state index in [-0.39, 0.29) is 18.0 Å². The monoisotopic (exact) mass is 421 g/mol. The molecule has 0 saturated carbocycles. The van der Waals surface area contributed by atoms with Crippen LogP contribution in [0, 0.1) is 12.8 Å². The van der Waals surface area contributed by atoms with E-state index in [1.54, 1.807) is 16.4 Å². The van der Waals surface area contributed by atoms with Gasteiger partial charge in [-0.2, -0.15) is 4.31 Å². The minimum absolute atomic E-state index is 0.132. The van der Waals surface area contributed by atoms with Gasteiger partial charge in [0.05, 0.1) is 16.6 Å². The number of amides is 1. The Balaban J connectivity index is 1.80. The van der Waals surface area contributed by atoms with Gasteiger partial charge in [-0.1, -0.05) is 38.5 Å². The zero-order chi connectivity index (χ0) is 21.4. The molecule has 3 rings (SSSR count). The molecule has 2 atom stereocenters. The maximum absolute atomic E-state index is 13.2. The number of nitrogens with zero attached hydrogens (tertiary/aromatic N) is 2. The third-order valence-electron chi connectivity index (χ3n) is 6.39. The molecule has 0 aliphatic carbocycles. The average Bonchev–Trinajstić information content (AvgIpc) is 2.92. The maximum atomic E-state index is 13.2. The molecule has 0 radical (unpaired) electrons. The number of nitrogens with one attached hydrogen (secondary N) is 1. The lowest BCUT2D eigenvalue weighted by molar-refractivity contribution is -0.136. The molecule has 2 saturated heterocycles. The lowest BCUT2D eigenvalue weighted by Gasteiger charge is -2.46. The Hall–Kier alpha value is -1.44. The van der Waals surface area contributed by atoms with Gasteiger partial charge in [0.15, 0.2) is 0 Å². The van der Waals surface area contributed by atoms with E-state index in [2.05, 4.69) is 33.0 Å². The molecule has 1 spiro atoms. The Morgan fingerprint density at radius 3 is 2.24 bits per heavy atom. The molecule has 2 fully saturated rings. The van der Waals surface area contributed by atoms with Crippen LogP contribution in [0.15, 0.2) is 29.2 Å². The van der Waals surface area contributed by atoms with Crippen molar-refractivity contribution < 1.29 is 13.2 Å². The predicted molar refractivity (Wildman–Crippen MR) is 115 cm³/mol.